The molecule has 1 radical (unpaired) electrons. The summed E-state index contributed by atoms with van der Waals surface area (Å²) >= 11 is 7.25. The van der Waals surface area contributed by atoms with E-state index in [4.69, 9.17) is 0 Å². The number of benzene rings is 1. The third-order valence-electron chi connectivity index (χ3n) is 1.70. The first kappa shape index (κ1) is 12.3. The maximum absolute atomic E-state index is 11.6. The molecule has 0 aliphatic rings. The third-order valence-corrected chi connectivity index (χ3v) is 1.92. The lowest BCUT2D eigenvalue weighted by atomic mass is 10.1. The van der Waals surface area contributed by atoms with Crippen LogP contribution >= 0.6 is 25.3 Å². The number of rotatable bonds is 1. The first-order valence-corrected chi connectivity index (χ1v) is 4.80. The van der Waals surface area contributed by atoms with E-state index in [1.807, 2.05) is 0 Å². The highest BCUT2D eigenvalue weighted by molar-refractivity contribution is 7.85. The Morgan fingerprint density at radius 3 is 2.12 bits per heavy atom. The molecule has 0 spiro atoms. The standard InChI is InChI=1S/C10H4NO3S2/c12-10-8(4-6-16)2-1-7(3-5-15)9(10)11(13)14/h1-2,15-16H. The molecule has 0 saturated carbocycles. The van der Waals surface area contributed by atoms with Crippen molar-refractivity contribution in [1.82, 2.24) is 0 Å². The fourth-order valence-corrected chi connectivity index (χ4v) is 1.31. The average Bonchev–Trinajstić information content (AvgIpc) is 2.22. The molecule has 0 N–H and O–H groups in total. The molecular weight excluding hydrogens is 246 g/mol. The first-order chi connectivity index (χ1) is 7.61. The van der Waals surface area contributed by atoms with Gasteiger partial charge in [-0.1, -0.05) is 31.2 Å². The lowest BCUT2D eigenvalue weighted by Gasteiger charge is -1.98. The minimum Gasteiger partial charge on any atom is -0.281 e. The van der Waals surface area contributed by atoms with Crippen LogP contribution in [0.4, 0.5) is 5.69 Å². The molecule has 6 heteroatoms. The van der Waals surface area contributed by atoms with Crippen molar-refractivity contribution in [2.24, 2.45) is 0 Å². The molecule has 0 aliphatic carbocycles. The van der Waals surface area contributed by atoms with E-state index in [-0.39, 0.29) is 11.1 Å². The normalized spacial score (nSPS) is 8.38. The van der Waals surface area contributed by atoms with Crippen molar-refractivity contribution in [3.8, 4) is 28.1 Å². The van der Waals surface area contributed by atoms with Gasteiger partial charge < -0.3 is 0 Å². The van der Waals surface area contributed by atoms with E-state index >= 15 is 0 Å². The summed E-state index contributed by atoms with van der Waals surface area (Å²) in [5.74, 6) is 3.98. The number of hydrogen-bond acceptors (Lipinski definition) is 4. The van der Waals surface area contributed by atoms with E-state index in [0.717, 1.165) is 0 Å². The van der Waals surface area contributed by atoms with Crippen molar-refractivity contribution >= 4 is 30.9 Å². The van der Waals surface area contributed by atoms with Gasteiger partial charge in [0.1, 0.15) is 5.56 Å². The van der Waals surface area contributed by atoms with Gasteiger partial charge in [0.2, 0.25) is 0 Å². The van der Waals surface area contributed by atoms with E-state index in [9.17, 15) is 15.2 Å². The highest BCUT2D eigenvalue weighted by Crippen LogP contribution is 2.33. The van der Waals surface area contributed by atoms with Gasteiger partial charge in [-0.05, 0) is 28.6 Å². The minimum absolute atomic E-state index is 0.0198. The second-order valence-electron chi connectivity index (χ2n) is 2.57. The van der Waals surface area contributed by atoms with Gasteiger partial charge in [0.05, 0.1) is 10.5 Å². The highest BCUT2D eigenvalue weighted by atomic mass is 32.1. The highest BCUT2D eigenvalue weighted by Gasteiger charge is 2.23. The van der Waals surface area contributed by atoms with Gasteiger partial charge in [0, 0.05) is 0 Å². The zero-order valence-electron chi connectivity index (χ0n) is 7.72. The van der Waals surface area contributed by atoms with Crippen molar-refractivity contribution in [2.45, 2.75) is 0 Å². The lowest BCUT2D eigenvalue weighted by Crippen LogP contribution is -1.94. The van der Waals surface area contributed by atoms with E-state index in [1.165, 1.54) is 12.1 Å². The summed E-state index contributed by atoms with van der Waals surface area (Å²) in [4.78, 5) is 9.94. The molecular formula is C10H4NO3S2. The van der Waals surface area contributed by atoms with Gasteiger partial charge in [-0.15, -0.1) is 0 Å². The van der Waals surface area contributed by atoms with Gasteiger partial charge in [-0.2, -0.15) is 0 Å². The van der Waals surface area contributed by atoms with Crippen LogP contribution in [0.5, 0.6) is 5.75 Å². The summed E-state index contributed by atoms with van der Waals surface area (Å²) in [6, 6.07) is 2.72. The summed E-state index contributed by atoms with van der Waals surface area (Å²) < 4.78 is 0. The molecule has 0 fully saturated rings. The molecule has 0 amide bonds. The monoisotopic (exact) mass is 250 g/mol. The van der Waals surface area contributed by atoms with Crippen LogP contribution in [0.3, 0.4) is 0 Å². The molecule has 0 heterocycles. The Balaban J connectivity index is 3.56. The molecule has 4 nitrogen and oxygen atoms in total. The Kier molecular flexibility index (Phi) is 4.12. The van der Waals surface area contributed by atoms with Crippen LogP contribution in [0.15, 0.2) is 12.1 Å². The fraction of sp³-hybridized carbons (Fsp3) is 0. The Hall–Kier alpha value is -1.76. The molecule has 1 aromatic carbocycles. The lowest BCUT2D eigenvalue weighted by molar-refractivity contribution is -0.386. The predicted octanol–water partition coefficient (Wildman–Crippen LogP) is 2.22. The van der Waals surface area contributed by atoms with E-state index in [2.05, 4.69) is 47.6 Å². The molecule has 0 aliphatic heterocycles. The molecule has 16 heavy (non-hydrogen) atoms. The smallest absolute Gasteiger partial charge is 0.281 e. The van der Waals surface area contributed by atoms with Gasteiger partial charge >= 0.3 is 5.69 Å². The molecule has 0 aromatic heterocycles. The second kappa shape index (κ2) is 5.36. The SMILES string of the molecule is [O]c1c(C#CS)ccc(C#CS)c1[N+](=O)[O-]. The molecule has 0 unspecified atom stereocenters. The summed E-state index contributed by atoms with van der Waals surface area (Å²) in [5, 5.41) is 26.8. The number of nitro groups is 1. The predicted molar refractivity (Wildman–Crippen MR) is 65.0 cm³/mol. The van der Waals surface area contributed by atoms with Crippen LogP contribution in [0.1, 0.15) is 11.1 Å². The van der Waals surface area contributed by atoms with Gasteiger partial charge in [-0.25, -0.2) is 0 Å². The molecule has 1 rings (SSSR count). The van der Waals surface area contributed by atoms with Crippen LogP contribution in [0.2, 0.25) is 0 Å². The first-order valence-electron chi connectivity index (χ1n) is 3.90. The van der Waals surface area contributed by atoms with Gasteiger partial charge in [0.25, 0.3) is 5.75 Å². The van der Waals surface area contributed by atoms with Crippen LogP contribution in [-0.4, -0.2) is 4.92 Å². The number of nitrogens with zero attached hydrogens (tertiary/aromatic N) is 1. The summed E-state index contributed by atoms with van der Waals surface area (Å²) in [6.45, 7) is 0. The largest absolute Gasteiger partial charge is 0.333 e. The number of hydrogen-bond donors (Lipinski definition) is 2. The minimum atomic E-state index is -0.778. The topological polar surface area (TPSA) is 63.0 Å². The van der Waals surface area contributed by atoms with Gasteiger partial charge in [-0.3, -0.25) is 15.2 Å². The van der Waals surface area contributed by atoms with Crippen LogP contribution < -0.4 is 0 Å². The summed E-state index contributed by atoms with van der Waals surface area (Å²) in [5.41, 5.74) is -0.545. The van der Waals surface area contributed by atoms with E-state index < -0.39 is 16.4 Å². The maximum Gasteiger partial charge on any atom is 0.333 e. The quantitative estimate of drug-likeness (QED) is 0.347. The zero-order valence-corrected chi connectivity index (χ0v) is 9.51. The summed E-state index contributed by atoms with van der Waals surface area (Å²) in [6.07, 6.45) is 0. The van der Waals surface area contributed by atoms with Crippen molar-refractivity contribution in [1.29, 1.82) is 0 Å². The Bertz CT molecular complexity index is 561. The molecule has 0 saturated heterocycles. The zero-order chi connectivity index (χ0) is 12.1. The van der Waals surface area contributed by atoms with E-state index in [0.29, 0.717) is 0 Å². The van der Waals surface area contributed by atoms with Crippen molar-refractivity contribution < 1.29 is 10.0 Å². The van der Waals surface area contributed by atoms with E-state index in [1.54, 1.807) is 0 Å². The van der Waals surface area contributed by atoms with Crippen molar-refractivity contribution in [3.63, 3.8) is 0 Å². The van der Waals surface area contributed by atoms with Crippen LogP contribution in [-0.2, 0) is 5.11 Å². The van der Waals surface area contributed by atoms with Crippen molar-refractivity contribution in [3.05, 3.63) is 33.4 Å². The Morgan fingerprint density at radius 1 is 1.12 bits per heavy atom. The van der Waals surface area contributed by atoms with Crippen molar-refractivity contribution in [2.75, 3.05) is 0 Å². The number of thiol groups is 2. The van der Waals surface area contributed by atoms with Gasteiger partial charge in [0.15, 0.2) is 0 Å². The Labute approximate surface area is 103 Å². The molecule has 79 valence electrons. The molecule has 0 atom stereocenters. The average molecular weight is 250 g/mol. The molecule has 1 aromatic rings. The molecule has 0 bridgehead atoms. The van der Waals surface area contributed by atoms with Crippen LogP contribution in [0, 0.1) is 32.5 Å². The maximum atomic E-state index is 11.6. The second-order valence-corrected chi connectivity index (χ2v) is 3.02. The Morgan fingerprint density at radius 2 is 1.62 bits per heavy atom. The fourth-order valence-electron chi connectivity index (χ4n) is 1.07. The summed E-state index contributed by atoms with van der Waals surface area (Å²) in [7, 11) is 0. The number of nitro benzene ring substituents is 1. The van der Waals surface area contributed by atoms with Crippen LogP contribution in [0.25, 0.3) is 0 Å². The third kappa shape index (κ3) is 2.43.